The average Bonchev–Trinajstić information content (AvgIpc) is 2.07. The molecule has 0 aromatic heterocycles. The Morgan fingerprint density at radius 1 is 1.38 bits per heavy atom. The average molecular weight is 200 g/mol. The van der Waals surface area contributed by atoms with Crippen molar-refractivity contribution >= 4 is 9.24 Å². The fraction of sp³-hybridized carbons (Fsp3) is 1.00. The van der Waals surface area contributed by atoms with Gasteiger partial charge in [-0.1, -0.05) is 52.4 Å². The van der Waals surface area contributed by atoms with Gasteiger partial charge in [0.05, 0.1) is 0 Å². The lowest BCUT2D eigenvalue weighted by atomic mass is 9.81. The van der Waals surface area contributed by atoms with E-state index in [-0.39, 0.29) is 0 Å². The summed E-state index contributed by atoms with van der Waals surface area (Å²) in [6, 6.07) is 0. The largest absolute Gasteiger partial charge is 0.134 e. The zero-order chi connectivity index (χ0) is 9.68. The van der Waals surface area contributed by atoms with Crippen molar-refractivity contribution < 1.29 is 0 Å². The molecule has 13 heavy (non-hydrogen) atoms. The van der Waals surface area contributed by atoms with Crippen molar-refractivity contribution in [2.24, 2.45) is 11.8 Å². The van der Waals surface area contributed by atoms with Gasteiger partial charge in [0.15, 0.2) is 0 Å². The van der Waals surface area contributed by atoms with Gasteiger partial charge in [0.1, 0.15) is 0 Å². The molecule has 1 saturated carbocycles. The molecule has 1 heteroatoms. The Hall–Kier alpha value is 0.430. The van der Waals surface area contributed by atoms with Gasteiger partial charge in [-0.05, 0) is 23.9 Å². The molecular formula is C12H25P. The molecule has 0 nitrogen and oxygen atoms in total. The minimum atomic E-state index is 0.849. The molecule has 3 atom stereocenters. The third-order valence-electron chi connectivity index (χ3n) is 3.70. The first-order valence-corrected chi connectivity index (χ1v) is 6.66. The summed E-state index contributed by atoms with van der Waals surface area (Å²) in [6.07, 6.45) is 10.3. The van der Waals surface area contributed by atoms with E-state index in [1.54, 1.807) is 0 Å². The second-order valence-corrected chi connectivity index (χ2v) is 5.63. The standard InChI is InChI=1S/C12H25P/c1-3-12(13)10(2)6-4-7-11-8-5-9-11/h10-12H,3-9,13H2,1-2H3/t10-,12?/m1/s1. The van der Waals surface area contributed by atoms with Crippen molar-refractivity contribution in [3.8, 4) is 0 Å². The monoisotopic (exact) mass is 200 g/mol. The molecule has 0 bridgehead atoms. The van der Waals surface area contributed by atoms with Crippen molar-refractivity contribution in [1.82, 2.24) is 0 Å². The first kappa shape index (κ1) is 11.5. The summed E-state index contributed by atoms with van der Waals surface area (Å²) in [7, 11) is 2.99. The fourth-order valence-electron chi connectivity index (χ4n) is 2.13. The van der Waals surface area contributed by atoms with E-state index in [9.17, 15) is 0 Å². The van der Waals surface area contributed by atoms with Crippen molar-refractivity contribution in [2.45, 2.75) is 64.5 Å². The van der Waals surface area contributed by atoms with Crippen LogP contribution in [0.25, 0.3) is 0 Å². The third kappa shape index (κ3) is 3.98. The maximum Gasteiger partial charge on any atom is -0.0241 e. The molecule has 0 spiro atoms. The summed E-state index contributed by atoms with van der Waals surface area (Å²) in [4.78, 5) is 0. The van der Waals surface area contributed by atoms with Crippen LogP contribution in [0.1, 0.15) is 58.8 Å². The van der Waals surface area contributed by atoms with Crippen molar-refractivity contribution in [3.05, 3.63) is 0 Å². The van der Waals surface area contributed by atoms with Crippen molar-refractivity contribution in [3.63, 3.8) is 0 Å². The lowest BCUT2D eigenvalue weighted by Gasteiger charge is -2.26. The summed E-state index contributed by atoms with van der Waals surface area (Å²) in [5.74, 6) is 2.02. The highest BCUT2D eigenvalue weighted by Crippen LogP contribution is 2.32. The number of hydrogen-bond donors (Lipinski definition) is 0. The van der Waals surface area contributed by atoms with Crippen LogP contribution in [0.3, 0.4) is 0 Å². The van der Waals surface area contributed by atoms with Crippen LogP contribution in [-0.4, -0.2) is 5.66 Å². The Labute approximate surface area is 86.1 Å². The maximum absolute atomic E-state index is 2.99. The van der Waals surface area contributed by atoms with Gasteiger partial charge in [0.2, 0.25) is 0 Å². The van der Waals surface area contributed by atoms with Gasteiger partial charge in [-0.2, -0.15) is 0 Å². The highest BCUT2D eigenvalue weighted by Gasteiger charge is 2.17. The molecule has 1 aliphatic rings. The lowest BCUT2D eigenvalue weighted by molar-refractivity contribution is 0.280. The first-order valence-electron chi connectivity index (χ1n) is 5.99. The molecule has 0 radical (unpaired) electrons. The van der Waals surface area contributed by atoms with Crippen LogP contribution in [0, 0.1) is 11.8 Å². The maximum atomic E-state index is 2.99. The van der Waals surface area contributed by atoms with Gasteiger partial charge in [-0.3, -0.25) is 0 Å². The van der Waals surface area contributed by atoms with Gasteiger partial charge in [-0.25, -0.2) is 0 Å². The van der Waals surface area contributed by atoms with Gasteiger partial charge < -0.3 is 0 Å². The molecule has 0 aromatic rings. The predicted octanol–water partition coefficient (Wildman–Crippen LogP) is 4.25. The van der Waals surface area contributed by atoms with Crippen molar-refractivity contribution in [1.29, 1.82) is 0 Å². The quantitative estimate of drug-likeness (QED) is 0.562. The molecule has 0 amide bonds. The molecular weight excluding hydrogens is 175 g/mol. The minimum Gasteiger partial charge on any atom is -0.134 e. The molecule has 0 saturated heterocycles. The van der Waals surface area contributed by atoms with Crippen LogP contribution in [0.5, 0.6) is 0 Å². The highest BCUT2D eigenvalue weighted by atomic mass is 31.0. The topological polar surface area (TPSA) is 0 Å². The van der Waals surface area contributed by atoms with Crippen LogP contribution < -0.4 is 0 Å². The highest BCUT2D eigenvalue weighted by molar-refractivity contribution is 7.17. The zero-order valence-electron chi connectivity index (χ0n) is 9.26. The van der Waals surface area contributed by atoms with Crippen LogP contribution in [0.2, 0.25) is 0 Å². The van der Waals surface area contributed by atoms with Gasteiger partial charge >= 0.3 is 0 Å². The van der Waals surface area contributed by atoms with Crippen molar-refractivity contribution in [2.75, 3.05) is 0 Å². The van der Waals surface area contributed by atoms with Gasteiger partial charge in [0, 0.05) is 0 Å². The first-order chi connectivity index (χ1) is 6.24. The molecule has 1 fully saturated rings. The van der Waals surface area contributed by atoms with Gasteiger partial charge in [0.25, 0.3) is 0 Å². The molecule has 0 heterocycles. The van der Waals surface area contributed by atoms with Gasteiger partial charge in [-0.15, -0.1) is 9.24 Å². The van der Waals surface area contributed by atoms with Crippen LogP contribution in [0.15, 0.2) is 0 Å². The second-order valence-electron chi connectivity index (χ2n) is 4.78. The summed E-state index contributed by atoms with van der Waals surface area (Å²) >= 11 is 0. The Morgan fingerprint density at radius 2 is 2.08 bits per heavy atom. The van der Waals surface area contributed by atoms with E-state index in [4.69, 9.17) is 0 Å². The van der Waals surface area contributed by atoms with E-state index in [0.29, 0.717) is 0 Å². The van der Waals surface area contributed by atoms with Crippen LogP contribution in [-0.2, 0) is 0 Å². The van der Waals surface area contributed by atoms with Crippen LogP contribution in [0.4, 0.5) is 0 Å². The fourth-order valence-corrected chi connectivity index (χ4v) is 2.32. The normalized spacial score (nSPS) is 22.4. The molecule has 78 valence electrons. The van der Waals surface area contributed by atoms with E-state index in [1.807, 2.05) is 0 Å². The summed E-state index contributed by atoms with van der Waals surface area (Å²) in [6.45, 7) is 4.70. The molecule has 0 aliphatic heterocycles. The second kappa shape index (κ2) is 6.02. The lowest BCUT2D eigenvalue weighted by Crippen LogP contribution is -2.13. The van der Waals surface area contributed by atoms with E-state index in [2.05, 4.69) is 23.1 Å². The summed E-state index contributed by atoms with van der Waals surface area (Å²) in [5, 5.41) is 0. The predicted molar refractivity (Wildman–Crippen MR) is 64.1 cm³/mol. The molecule has 1 aliphatic carbocycles. The zero-order valence-corrected chi connectivity index (χ0v) is 10.4. The Bertz CT molecular complexity index is 129. The van der Waals surface area contributed by atoms with E-state index >= 15 is 0 Å². The summed E-state index contributed by atoms with van der Waals surface area (Å²) < 4.78 is 0. The number of rotatable bonds is 6. The Balaban J connectivity index is 1.97. The van der Waals surface area contributed by atoms with E-state index in [1.165, 1.54) is 44.9 Å². The Kier molecular flexibility index (Phi) is 5.32. The van der Waals surface area contributed by atoms with Crippen LogP contribution >= 0.6 is 9.24 Å². The minimum absolute atomic E-state index is 0.849. The van der Waals surface area contributed by atoms with E-state index < -0.39 is 0 Å². The summed E-state index contributed by atoms with van der Waals surface area (Å²) in [5.41, 5.74) is 0.849. The molecule has 1 rings (SSSR count). The number of hydrogen-bond acceptors (Lipinski definition) is 0. The smallest absolute Gasteiger partial charge is 0.0241 e. The third-order valence-corrected chi connectivity index (χ3v) is 4.83. The molecule has 0 N–H and O–H groups in total. The molecule has 2 unspecified atom stereocenters. The molecule has 0 aromatic carbocycles. The SMILES string of the molecule is CCC(P)[C@H](C)CCCC1CCC1. The van der Waals surface area contributed by atoms with E-state index in [0.717, 1.165) is 17.5 Å². The Morgan fingerprint density at radius 3 is 2.54 bits per heavy atom.